The minimum atomic E-state index is 0.207. The highest BCUT2D eigenvalue weighted by Gasteiger charge is 2.19. The molecule has 5 heteroatoms. The molecule has 4 rings (SSSR count). The van der Waals surface area contributed by atoms with Gasteiger partial charge in [-0.3, -0.25) is 0 Å². The molecule has 1 aromatic heterocycles. The Balaban J connectivity index is 1.75. The van der Waals surface area contributed by atoms with Crippen LogP contribution in [0.25, 0.3) is 22.8 Å². The lowest BCUT2D eigenvalue weighted by atomic mass is 9.83. The summed E-state index contributed by atoms with van der Waals surface area (Å²) in [6, 6.07) is 13.6. The smallest absolute Gasteiger partial charge is 0.167 e. The SMILES string of the molecule is CCc1nc(-c2ccc(OC)cc2)nc(-c2cc(C3CCCCC3)ccc2O)n1. The highest BCUT2D eigenvalue weighted by molar-refractivity contribution is 5.67. The second kappa shape index (κ2) is 8.60. The van der Waals surface area contributed by atoms with Crippen LogP contribution in [0.5, 0.6) is 11.5 Å². The standard InChI is InChI=1S/C24H27N3O2/c1-3-22-25-23(17-9-12-19(29-2)13-10-17)27-24(26-22)20-15-18(11-14-21(20)28)16-7-5-4-6-8-16/h9-16,28H,3-8H2,1-2H3. The molecular formula is C24H27N3O2. The van der Waals surface area contributed by atoms with Crippen LogP contribution in [-0.2, 0) is 6.42 Å². The van der Waals surface area contributed by atoms with E-state index in [9.17, 15) is 5.11 Å². The number of phenolic OH excluding ortho intramolecular Hbond substituents is 1. The van der Waals surface area contributed by atoms with E-state index in [0.29, 0.717) is 35.4 Å². The number of phenols is 1. The number of aryl methyl sites for hydroxylation is 1. The van der Waals surface area contributed by atoms with Gasteiger partial charge >= 0.3 is 0 Å². The lowest BCUT2D eigenvalue weighted by Gasteiger charge is -2.22. The van der Waals surface area contributed by atoms with E-state index in [2.05, 4.69) is 16.0 Å². The van der Waals surface area contributed by atoms with Gasteiger partial charge in [-0.15, -0.1) is 0 Å². The summed E-state index contributed by atoms with van der Waals surface area (Å²) in [6.07, 6.45) is 6.97. The lowest BCUT2D eigenvalue weighted by Crippen LogP contribution is -2.06. The van der Waals surface area contributed by atoms with Crippen molar-refractivity contribution in [3.63, 3.8) is 0 Å². The minimum absolute atomic E-state index is 0.207. The Morgan fingerprint density at radius 2 is 1.66 bits per heavy atom. The number of hydrogen-bond acceptors (Lipinski definition) is 5. The summed E-state index contributed by atoms with van der Waals surface area (Å²) >= 11 is 0. The molecule has 3 aromatic rings. The van der Waals surface area contributed by atoms with E-state index in [1.54, 1.807) is 13.2 Å². The summed E-state index contributed by atoms with van der Waals surface area (Å²) < 4.78 is 5.24. The predicted octanol–water partition coefficient (Wildman–Crippen LogP) is 5.53. The summed E-state index contributed by atoms with van der Waals surface area (Å²) in [7, 11) is 1.65. The topological polar surface area (TPSA) is 68.1 Å². The zero-order chi connectivity index (χ0) is 20.2. The number of ether oxygens (including phenoxy) is 1. The molecule has 0 spiro atoms. The second-order valence-corrected chi connectivity index (χ2v) is 7.59. The molecule has 1 aliphatic carbocycles. The Kier molecular flexibility index (Phi) is 5.74. The molecule has 1 heterocycles. The van der Waals surface area contributed by atoms with Crippen molar-refractivity contribution >= 4 is 0 Å². The van der Waals surface area contributed by atoms with Crippen molar-refractivity contribution in [2.24, 2.45) is 0 Å². The largest absolute Gasteiger partial charge is 0.507 e. The van der Waals surface area contributed by atoms with Gasteiger partial charge in [0.15, 0.2) is 11.6 Å². The van der Waals surface area contributed by atoms with Gasteiger partial charge in [-0.2, -0.15) is 0 Å². The Labute approximate surface area is 171 Å². The van der Waals surface area contributed by atoms with Crippen LogP contribution in [0, 0.1) is 0 Å². The van der Waals surface area contributed by atoms with E-state index in [1.807, 2.05) is 37.3 Å². The van der Waals surface area contributed by atoms with E-state index < -0.39 is 0 Å². The van der Waals surface area contributed by atoms with Gasteiger partial charge in [0.25, 0.3) is 0 Å². The molecule has 0 radical (unpaired) electrons. The van der Waals surface area contributed by atoms with E-state index in [4.69, 9.17) is 9.72 Å². The average molecular weight is 389 g/mol. The Bertz CT molecular complexity index is 980. The second-order valence-electron chi connectivity index (χ2n) is 7.59. The molecule has 0 atom stereocenters. The average Bonchev–Trinajstić information content (AvgIpc) is 2.79. The third kappa shape index (κ3) is 4.24. The molecule has 0 unspecified atom stereocenters. The minimum Gasteiger partial charge on any atom is -0.507 e. The summed E-state index contributed by atoms with van der Waals surface area (Å²) in [5, 5.41) is 10.6. The van der Waals surface area contributed by atoms with Gasteiger partial charge in [0, 0.05) is 12.0 Å². The van der Waals surface area contributed by atoms with Crippen LogP contribution >= 0.6 is 0 Å². The first-order chi connectivity index (χ1) is 14.2. The zero-order valence-corrected chi connectivity index (χ0v) is 17.1. The van der Waals surface area contributed by atoms with Crippen LogP contribution < -0.4 is 4.74 Å². The number of rotatable bonds is 5. The summed E-state index contributed by atoms with van der Waals surface area (Å²) in [4.78, 5) is 13.9. The lowest BCUT2D eigenvalue weighted by molar-refractivity contribution is 0.415. The zero-order valence-electron chi connectivity index (χ0n) is 17.1. The molecular weight excluding hydrogens is 362 g/mol. The molecule has 5 nitrogen and oxygen atoms in total. The Morgan fingerprint density at radius 3 is 2.34 bits per heavy atom. The van der Waals surface area contributed by atoms with E-state index >= 15 is 0 Å². The third-order valence-electron chi connectivity index (χ3n) is 5.68. The highest BCUT2D eigenvalue weighted by atomic mass is 16.5. The third-order valence-corrected chi connectivity index (χ3v) is 5.68. The van der Waals surface area contributed by atoms with Gasteiger partial charge in [-0.25, -0.2) is 15.0 Å². The number of aromatic hydroxyl groups is 1. The van der Waals surface area contributed by atoms with Crippen molar-refractivity contribution in [2.75, 3.05) is 7.11 Å². The molecule has 0 saturated heterocycles. The van der Waals surface area contributed by atoms with E-state index in [1.165, 1.54) is 37.7 Å². The van der Waals surface area contributed by atoms with Crippen LogP contribution in [0.2, 0.25) is 0 Å². The van der Waals surface area contributed by atoms with Gasteiger partial charge < -0.3 is 9.84 Å². The highest BCUT2D eigenvalue weighted by Crippen LogP contribution is 2.37. The van der Waals surface area contributed by atoms with Crippen molar-refractivity contribution in [1.82, 2.24) is 15.0 Å². The molecule has 29 heavy (non-hydrogen) atoms. The maximum absolute atomic E-state index is 10.6. The fourth-order valence-corrected chi connectivity index (χ4v) is 3.99. The van der Waals surface area contributed by atoms with Crippen molar-refractivity contribution in [1.29, 1.82) is 0 Å². The molecule has 2 aromatic carbocycles. The summed E-state index contributed by atoms with van der Waals surface area (Å²) in [5.74, 6) is 3.39. The maximum Gasteiger partial charge on any atom is 0.167 e. The molecule has 1 aliphatic rings. The monoisotopic (exact) mass is 389 g/mol. The first-order valence-electron chi connectivity index (χ1n) is 10.4. The number of hydrogen-bond donors (Lipinski definition) is 1. The van der Waals surface area contributed by atoms with Crippen molar-refractivity contribution in [3.8, 4) is 34.3 Å². The van der Waals surface area contributed by atoms with Gasteiger partial charge in [0.2, 0.25) is 0 Å². The molecule has 0 bridgehead atoms. The van der Waals surface area contributed by atoms with Crippen molar-refractivity contribution in [3.05, 3.63) is 53.9 Å². The van der Waals surface area contributed by atoms with Crippen LogP contribution in [0.15, 0.2) is 42.5 Å². The number of benzene rings is 2. The van der Waals surface area contributed by atoms with Crippen LogP contribution in [0.1, 0.15) is 56.3 Å². The number of aromatic nitrogens is 3. The summed E-state index contributed by atoms with van der Waals surface area (Å²) in [5.41, 5.74) is 2.84. The first kappa shape index (κ1) is 19.4. The van der Waals surface area contributed by atoms with E-state index in [0.717, 1.165) is 11.3 Å². The van der Waals surface area contributed by atoms with Gasteiger partial charge in [0.1, 0.15) is 17.3 Å². The predicted molar refractivity (Wildman–Crippen MR) is 114 cm³/mol. The quantitative estimate of drug-likeness (QED) is 0.621. The molecule has 1 saturated carbocycles. The van der Waals surface area contributed by atoms with E-state index in [-0.39, 0.29) is 5.75 Å². The molecule has 0 amide bonds. The maximum atomic E-state index is 10.6. The molecule has 1 N–H and O–H groups in total. The fraction of sp³-hybridized carbons (Fsp3) is 0.375. The Morgan fingerprint density at radius 1 is 0.931 bits per heavy atom. The van der Waals surface area contributed by atoms with Crippen LogP contribution in [0.4, 0.5) is 0 Å². The summed E-state index contributed by atoms with van der Waals surface area (Å²) in [6.45, 7) is 2.02. The first-order valence-corrected chi connectivity index (χ1v) is 10.4. The number of nitrogens with zero attached hydrogens (tertiary/aromatic N) is 3. The van der Waals surface area contributed by atoms with Crippen LogP contribution in [0.3, 0.4) is 0 Å². The number of methoxy groups -OCH3 is 1. The van der Waals surface area contributed by atoms with Crippen LogP contribution in [-0.4, -0.2) is 27.2 Å². The molecule has 1 fully saturated rings. The van der Waals surface area contributed by atoms with Gasteiger partial charge in [-0.05, 0) is 60.7 Å². The molecule has 0 aliphatic heterocycles. The van der Waals surface area contributed by atoms with Crippen molar-refractivity contribution in [2.45, 2.75) is 51.4 Å². The Hall–Kier alpha value is -2.95. The fourth-order valence-electron chi connectivity index (χ4n) is 3.99. The normalized spacial score (nSPS) is 14.7. The van der Waals surface area contributed by atoms with Crippen molar-refractivity contribution < 1.29 is 9.84 Å². The van der Waals surface area contributed by atoms with Gasteiger partial charge in [-0.1, -0.05) is 32.3 Å². The van der Waals surface area contributed by atoms with Gasteiger partial charge in [0.05, 0.1) is 12.7 Å². The molecule has 150 valence electrons.